The Hall–Kier alpha value is -2.67. The topological polar surface area (TPSA) is 109 Å². The summed E-state index contributed by atoms with van der Waals surface area (Å²) in [6.45, 7) is 1.69. The molecule has 0 aliphatic rings. The summed E-state index contributed by atoms with van der Waals surface area (Å²) in [5, 5.41) is 33.2. The van der Waals surface area contributed by atoms with Crippen LogP contribution in [0.3, 0.4) is 0 Å². The van der Waals surface area contributed by atoms with Crippen LogP contribution >= 0.6 is 0 Å². The molecule has 1 aromatic carbocycles. The molecule has 0 spiro atoms. The van der Waals surface area contributed by atoms with Crippen LogP contribution in [0.1, 0.15) is 18.6 Å². The SMILES string of the molecule is CC(Nc1ncccc1[N+](=O)[O-])C(O)c1ccc(O)cc1. The summed E-state index contributed by atoms with van der Waals surface area (Å²) in [6, 6.07) is 8.43. The van der Waals surface area contributed by atoms with E-state index in [4.69, 9.17) is 0 Å². The smallest absolute Gasteiger partial charge is 0.311 e. The molecular formula is C14H15N3O4. The molecule has 1 heterocycles. The second kappa shape index (κ2) is 6.19. The van der Waals surface area contributed by atoms with Gasteiger partial charge in [0.05, 0.1) is 17.1 Å². The van der Waals surface area contributed by atoms with Crippen molar-refractivity contribution in [1.82, 2.24) is 4.98 Å². The fourth-order valence-electron chi connectivity index (χ4n) is 1.91. The van der Waals surface area contributed by atoms with Gasteiger partial charge in [-0.15, -0.1) is 0 Å². The van der Waals surface area contributed by atoms with Crippen molar-refractivity contribution >= 4 is 11.5 Å². The summed E-state index contributed by atoms with van der Waals surface area (Å²) < 4.78 is 0. The fraction of sp³-hybridized carbons (Fsp3) is 0.214. The predicted octanol–water partition coefficient (Wildman–Crippen LogP) is 2.23. The molecule has 7 heteroatoms. The highest BCUT2D eigenvalue weighted by Crippen LogP contribution is 2.25. The first kappa shape index (κ1) is 14.7. The number of aliphatic hydroxyl groups excluding tert-OH is 1. The van der Waals surface area contributed by atoms with E-state index in [1.807, 2.05) is 0 Å². The lowest BCUT2D eigenvalue weighted by Crippen LogP contribution is -2.25. The normalized spacial score (nSPS) is 13.4. The average molecular weight is 289 g/mol. The molecule has 0 fully saturated rings. The summed E-state index contributed by atoms with van der Waals surface area (Å²) in [5.74, 6) is 0.208. The minimum Gasteiger partial charge on any atom is -0.508 e. The number of aromatic nitrogens is 1. The number of nitrogens with one attached hydrogen (secondary N) is 1. The van der Waals surface area contributed by atoms with E-state index in [1.165, 1.54) is 30.5 Å². The number of phenolic OH excluding ortho intramolecular Hbond substituents is 1. The highest BCUT2D eigenvalue weighted by molar-refractivity contribution is 5.55. The zero-order chi connectivity index (χ0) is 15.4. The fourth-order valence-corrected chi connectivity index (χ4v) is 1.91. The van der Waals surface area contributed by atoms with Crippen molar-refractivity contribution in [3.8, 4) is 5.75 Å². The van der Waals surface area contributed by atoms with E-state index in [9.17, 15) is 20.3 Å². The Balaban J connectivity index is 2.16. The molecule has 3 N–H and O–H groups in total. The highest BCUT2D eigenvalue weighted by atomic mass is 16.6. The Morgan fingerprint density at radius 1 is 1.29 bits per heavy atom. The maximum Gasteiger partial charge on any atom is 0.311 e. The number of aromatic hydroxyl groups is 1. The van der Waals surface area contributed by atoms with Crippen LogP contribution in [-0.2, 0) is 0 Å². The van der Waals surface area contributed by atoms with Gasteiger partial charge in [0.2, 0.25) is 5.82 Å². The summed E-state index contributed by atoms with van der Waals surface area (Å²) in [6.07, 6.45) is 0.543. The van der Waals surface area contributed by atoms with Crippen molar-refractivity contribution in [3.05, 3.63) is 58.3 Å². The minimum atomic E-state index is -0.896. The van der Waals surface area contributed by atoms with Gasteiger partial charge >= 0.3 is 5.69 Å². The second-order valence-electron chi connectivity index (χ2n) is 4.60. The molecule has 0 bridgehead atoms. The molecule has 1 aromatic heterocycles. The lowest BCUT2D eigenvalue weighted by molar-refractivity contribution is -0.384. The third-order valence-electron chi connectivity index (χ3n) is 3.06. The van der Waals surface area contributed by atoms with Gasteiger partial charge in [-0.1, -0.05) is 12.1 Å². The highest BCUT2D eigenvalue weighted by Gasteiger charge is 2.21. The van der Waals surface area contributed by atoms with E-state index in [0.29, 0.717) is 5.56 Å². The van der Waals surface area contributed by atoms with Crippen LogP contribution in [0.2, 0.25) is 0 Å². The molecule has 0 aliphatic carbocycles. The van der Waals surface area contributed by atoms with E-state index >= 15 is 0 Å². The molecule has 2 atom stereocenters. The van der Waals surface area contributed by atoms with Crippen LogP contribution in [-0.4, -0.2) is 26.2 Å². The number of aliphatic hydroxyl groups is 1. The molecule has 21 heavy (non-hydrogen) atoms. The first-order valence-corrected chi connectivity index (χ1v) is 6.32. The maximum atomic E-state index is 10.9. The van der Waals surface area contributed by atoms with Gasteiger partial charge in [-0.25, -0.2) is 4.98 Å². The Bertz CT molecular complexity index is 630. The monoisotopic (exact) mass is 289 g/mol. The minimum absolute atomic E-state index is 0.104. The Labute approximate surface area is 121 Å². The Morgan fingerprint density at radius 3 is 2.57 bits per heavy atom. The van der Waals surface area contributed by atoms with Crippen molar-refractivity contribution in [3.63, 3.8) is 0 Å². The van der Waals surface area contributed by atoms with Crippen molar-refractivity contribution in [2.75, 3.05) is 5.32 Å². The zero-order valence-corrected chi connectivity index (χ0v) is 11.3. The standard InChI is InChI=1S/C14H15N3O4/c1-9(13(19)10-4-6-11(18)7-5-10)16-14-12(17(20)21)3-2-8-15-14/h2-9,13,18-19H,1H3,(H,15,16). The number of hydrogen-bond acceptors (Lipinski definition) is 6. The number of pyridine rings is 1. The summed E-state index contributed by atoms with van der Waals surface area (Å²) in [4.78, 5) is 14.3. The first-order chi connectivity index (χ1) is 9.99. The number of phenols is 1. The van der Waals surface area contributed by atoms with Crippen molar-refractivity contribution < 1.29 is 15.1 Å². The van der Waals surface area contributed by atoms with Crippen molar-refractivity contribution in [2.45, 2.75) is 19.1 Å². The van der Waals surface area contributed by atoms with Gasteiger partial charge in [-0.05, 0) is 30.7 Å². The first-order valence-electron chi connectivity index (χ1n) is 6.32. The van der Waals surface area contributed by atoms with E-state index in [-0.39, 0.29) is 17.3 Å². The van der Waals surface area contributed by atoms with Gasteiger partial charge in [-0.2, -0.15) is 0 Å². The van der Waals surface area contributed by atoms with Gasteiger partial charge in [-0.3, -0.25) is 10.1 Å². The lowest BCUT2D eigenvalue weighted by atomic mass is 10.0. The molecule has 2 aromatic rings. The molecule has 0 radical (unpaired) electrons. The van der Waals surface area contributed by atoms with E-state index in [2.05, 4.69) is 10.3 Å². The molecule has 0 aliphatic heterocycles. The molecular weight excluding hydrogens is 274 g/mol. The van der Waals surface area contributed by atoms with E-state index < -0.39 is 17.1 Å². The second-order valence-corrected chi connectivity index (χ2v) is 4.60. The number of anilines is 1. The lowest BCUT2D eigenvalue weighted by Gasteiger charge is -2.21. The Kier molecular flexibility index (Phi) is 4.34. The van der Waals surface area contributed by atoms with Crippen LogP contribution in [0, 0.1) is 10.1 Å². The molecule has 7 nitrogen and oxygen atoms in total. The number of rotatable bonds is 5. The van der Waals surface area contributed by atoms with Crippen LogP contribution in [0.4, 0.5) is 11.5 Å². The molecule has 0 saturated carbocycles. The van der Waals surface area contributed by atoms with Crippen LogP contribution in [0.15, 0.2) is 42.6 Å². The summed E-state index contributed by atoms with van der Waals surface area (Å²) >= 11 is 0. The number of benzene rings is 1. The van der Waals surface area contributed by atoms with Gasteiger partial charge in [0.1, 0.15) is 5.75 Å². The quantitative estimate of drug-likeness (QED) is 0.575. The maximum absolute atomic E-state index is 10.9. The Morgan fingerprint density at radius 2 is 1.95 bits per heavy atom. The average Bonchev–Trinajstić information content (AvgIpc) is 2.47. The molecule has 0 amide bonds. The van der Waals surface area contributed by atoms with E-state index in [0.717, 1.165) is 0 Å². The largest absolute Gasteiger partial charge is 0.508 e. The third-order valence-corrected chi connectivity index (χ3v) is 3.06. The molecule has 0 saturated heterocycles. The molecule has 2 unspecified atom stereocenters. The van der Waals surface area contributed by atoms with Crippen LogP contribution < -0.4 is 5.32 Å². The van der Waals surface area contributed by atoms with Crippen molar-refractivity contribution in [2.24, 2.45) is 0 Å². The van der Waals surface area contributed by atoms with E-state index in [1.54, 1.807) is 19.1 Å². The van der Waals surface area contributed by atoms with Crippen LogP contribution in [0.25, 0.3) is 0 Å². The summed E-state index contributed by atoms with van der Waals surface area (Å²) in [7, 11) is 0. The van der Waals surface area contributed by atoms with Crippen molar-refractivity contribution in [1.29, 1.82) is 0 Å². The van der Waals surface area contributed by atoms with Gasteiger partial charge in [0.25, 0.3) is 0 Å². The van der Waals surface area contributed by atoms with Gasteiger partial charge in [0.15, 0.2) is 0 Å². The number of nitro groups is 1. The molecule has 110 valence electrons. The zero-order valence-electron chi connectivity index (χ0n) is 11.3. The number of hydrogen-bond donors (Lipinski definition) is 3. The molecule has 2 rings (SSSR count). The third kappa shape index (κ3) is 3.46. The van der Waals surface area contributed by atoms with Crippen LogP contribution in [0.5, 0.6) is 5.75 Å². The predicted molar refractivity (Wildman–Crippen MR) is 77.0 cm³/mol. The van der Waals surface area contributed by atoms with Gasteiger partial charge < -0.3 is 15.5 Å². The number of nitrogens with zero attached hydrogens (tertiary/aromatic N) is 2. The van der Waals surface area contributed by atoms with Gasteiger partial charge in [0, 0.05) is 12.3 Å². The summed E-state index contributed by atoms with van der Waals surface area (Å²) in [5.41, 5.74) is 0.439.